The number of nitrogens with zero attached hydrogens (tertiary/aromatic N) is 3. The first kappa shape index (κ1) is 11.4. The van der Waals surface area contributed by atoms with Crippen LogP contribution in [0, 0.1) is 0 Å². The molecule has 0 spiro atoms. The van der Waals surface area contributed by atoms with Gasteiger partial charge in [-0.2, -0.15) is 0 Å². The van der Waals surface area contributed by atoms with E-state index < -0.39 is 0 Å². The number of carbonyl (C=O) groups is 1. The van der Waals surface area contributed by atoms with E-state index in [1.807, 2.05) is 0 Å². The zero-order valence-electron chi connectivity index (χ0n) is 9.56. The van der Waals surface area contributed by atoms with Gasteiger partial charge in [0.1, 0.15) is 0 Å². The molecule has 3 rings (SSSR count). The fraction of sp³-hybridized carbons (Fsp3) is 0.250. The van der Waals surface area contributed by atoms with Crippen LogP contribution < -0.4 is 5.32 Å². The van der Waals surface area contributed by atoms with E-state index in [0.717, 1.165) is 18.7 Å². The van der Waals surface area contributed by atoms with Gasteiger partial charge in [-0.3, -0.25) is 10.1 Å². The lowest BCUT2D eigenvalue weighted by atomic mass is 10.1. The first-order valence-corrected chi connectivity index (χ1v) is 6.07. The van der Waals surface area contributed by atoms with Crippen molar-refractivity contribution >= 4 is 17.4 Å². The molecule has 1 aliphatic heterocycles. The number of halogens is 1. The molecule has 0 bridgehead atoms. The van der Waals surface area contributed by atoms with E-state index in [2.05, 4.69) is 15.6 Å². The first-order valence-electron chi connectivity index (χ1n) is 5.69. The van der Waals surface area contributed by atoms with Gasteiger partial charge in [0.05, 0.1) is 12.4 Å². The van der Waals surface area contributed by atoms with Gasteiger partial charge in [0.2, 0.25) is 5.78 Å². The Morgan fingerprint density at radius 3 is 2.89 bits per heavy atom. The van der Waals surface area contributed by atoms with Crippen molar-refractivity contribution in [3.8, 4) is 0 Å². The van der Waals surface area contributed by atoms with Crippen molar-refractivity contribution in [2.75, 3.05) is 6.54 Å². The molecule has 5 nitrogen and oxygen atoms in total. The largest absolute Gasteiger partial charge is 0.298 e. The van der Waals surface area contributed by atoms with Gasteiger partial charge in [-0.15, -0.1) is 5.10 Å². The number of fused-ring (bicyclic) bond motifs is 1. The number of nitrogens with one attached hydrogen (secondary N) is 1. The normalized spacial score (nSPS) is 14.3. The maximum atomic E-state index is 12.3. The highest BCUT2D eigenvalue weighted by atomic mass is 35.5. The molecule has 1 aromatic carbocycles. The number of rotatable bonds is 2. The van der Waals surface area contributed by atoms with E-state index in [1.54, 1.807) is 28.9 Å². The monoisotopic (exact) mass is 262 g/mol. The SMILES string of the molecule is O=C(c1ccc(Cl)cc1)c1nnn2c1CCNC2. The Morgan fingerprint density at radius 1 is 1.33 bits per heavy atom. The van der Waals surface area contributed by atoms with Crippen LogP contribution in [0.4, 0.5) is 0 Å². The van der Waals surface area contributed by atoms with E-state index in [0.29, 0.717) is 22.9 Å². The third-order valence-corrected chi connectivity index (χ3v) is 3.21. The Labute approximate surface area is 109 Å². The smallest absolute Gasteiger partial charge is 0.215 e. The molecule has 6 heteroatoms. The van der Waals surface area contributed by atoms with Crippen molar-refractivity contribution in [1.29, 1.82) is 0 Å². The Morgan fingerprint density at radius 2 is 2.11 bits per heavy atom. The summed E-state index contributed by atoms with van der Waals surface area (Å²) in [6.45, 7) is 1.45. The van der Waals surface area contributed by atoms with Crippen molar-refractivity contribution in [1.82, 2.24) is 20.3 Å². The summed E-state index contributed by atoms with van der Waals surface area (Å²) < 4.78 is 1.73. The first-order chi connectivity index (χ1) is 8.75. The number of benzene rings is 1. The van der Waals surface area contributed by atoms with Crippen LogP contribution in [0.15, 0.2) is 24.3 Å². The summed E-state index contributed by atoms with van der Waals surface area (Å²) >= 11 is 5.80. The zero-order chi connectivity index (χ0) is 12.5. The van der Waals surface area contributed by atoms with Crippen LogP contribution in [-0.4, -0.2) is 27.3 Å². The summed E-state index contributed by atoms with van der Waals surface area (Å²) in [5.41, 5.74) is 1.92. The Balaban J connectivity index is 1.97. The van der Waals surface area contributed by atoms with Crippen LogP contribution in [-0.2, 0) is 13.1 Å². The van der Waals surface area contributed by atoms with Gasteiger partial charge in [-0.05, 0) is 24.3 Å². The van der Waals surface area contributed by atoms with E-state index in [4.69, 9.17) is 11.6 Å². The van der Waals surface area contributed by atoms with Gasteiger partial charge in [-0.1, -0.05) is 16.8 Å². The lowest BCUT2D eigenvalue weighted by molar-refractivity contribution is 0.103. The van der Waals surface area contributed by atoms with E-state index in [1.165, 1.54) is 0 Å². The number of hydrogen-bond donors (Lipinski definition) is 1. The van der Waals surface area contributed by atoms with Crippen molar-refractivity contribution in [2.45, 2.75) is 13.1 Å². The Hall–Kier alpha value is -1.72. The molecule has 18 heavy (non-hydrogen) atoms. The molecule has 0 atom stereocenters. The van der Waals surface area contributed by atoms with Gasteiger partial charge in [0.15, 0.2) is 5.69 Å². The third-order valence-electron chi connectivity index (χ3n) is 2.96. The highest BCUT2D eigenvalue weighted by Gasteiger charge is 2.22. The zero-order valence-corrected chi connectivity index (χ0v) is 10.3. The molecule has 0 saturated heterocycles. The average molecular weight is 263 g/mol. The van der Waals surface area contributed by atoms with Crippen LogP contribution >= 0.6 is 11.6 Å². The van der Waals surface area contributed by atoms with Crippen LogP contribution in [0.3, 0.4) is 0 Å². The molecule has 2 aromatic rings. The fourth-order valence-electron chi connectivity index (χ4n) is 2.01. The summed E-state index contributed by atoms with van der Waals surface area (Å²) in [5.74, 6) is -0.102. The predicted octanol–water partition coefficient (Wildman–Crippen LogP) is 1.27. The minimum Gasteiger partial charge on any atom is -0.298 e. The van der Waals surface area contributed by atoms with E-state index >= 15 is 0 Å². The summed E-state index contributed by atoms with van der Waals surface area (Å²) in [7, 11) is 0. The second-order valence-electron chi connectivity index (χ2n) is 4.13. The highest BCUT2D eigenvalue weighted by Crippen LogP contribution is 2.16. The Bertz CT molecular complexity index is 591. The van der Waals surface area contributed by atoms with Gasteiger partial charge >= 0.3 is 0 Å². The fourth-order valence-corrected chi connectivity index (χ4v) is 2.14. The molecule has 0 aliphatic carbocycles. The van der Waals surface area contributed by atoms with Crippen LogP contribution in [0.5, 0.6) is 0 Å². The quantitative estimate of drug-likeness (QED) is 0.828. The maximum absolute atomic E-state index is 12.3. The Kier molecular flexibility index (Phi) is 2.85. The molecule has 1 aromatic heterocycles. The highest BCUT2D eigenvalue weighted by molar-refractivity contribution is 6.30. The molecular weight excluding hydrogens is 252 g/mol. The molecule has 2 heterocycles. The average Bonchev–Trinajstić information content (AvgIpc) is 2.82. The second kappa shape index (κ2) is 4.51. The molecule has 0 saturated carbocycles. The molecular formula is C12H11ClN4O. The third kappa shape index (κ3) is 1.91. The van der Waals surface area contributed by atoms with Crippen LogP contribution in [0.1, 0.15) is 21.7 Å². The summed E-state index contributed by atoms with van der Waals surface area (Å²) in [6.07, 6.45) is 0.766. The predicted molar refractivity (Wildman–Crippen MR) is 66.6 cm³/mol. The minimum absolute atomic E-state index is 0.102. The summed E-state index contributed by atoms with van der Waals surface area (Å²) in [4.78, 5) is 12.3. The molecule has 0 unspecified atom stereocenters. The lowest BCUT2D eigenvalue weighted by Crippen LogP contribution is -2.30. The van der Waals surface area contributed by atoms with E-state index in [-0.39, 0.29) is 5.78 Å². The van der Waals surface area contributed by atoms with Crippen molar-refractivity contribution in [3.05, 3.63) is 46.2 Å². The molecule has 0 radical (unpaired) electrons. The second-order valence-corrected chi connectivity index (χ2v) is 4.56. The minimum atomic E-state index is -0.102. The van der Waals surface area contributed by atoms with Gasteiger partial charge in [0.25, 0.3) is 0 Å². The van der Waals surface area contributed by atoms with Crippen LogP contribution in [0.25, 0.3) is 0 Å². The van der Waals surface area contributed by atoms with Crippen molar-refractivity contribution < 1.29 is 4.79 Å². The molecule has 92 valence electrons. The topological polar surface area (TPSA) is 59.8 Å². The lowest BCUT2D eigenvalue weighted by Gasteiger charge is -2.14. The van der Waals surface area contributed by atoms with Gasteiger partial charge < -0.3 is 0 Å². The number of aromatic nitrogens is 3. The molecule has 0 amide bonds. The summed E-state index contributed by atoms with van der Waals surface area (Å²) in [6, 6.07) is 6.81. The number of ketones is 1. The maximum Gasteiger partial charge on any atom is 0.215 e. The summed E-state index contributed by atoms with van der Waals surface area (Å²) in [5, 5.41) is 11.7. The van der Waals surface area contributed by atoms with Crippen molar-refractivity contribution in [2.24, 2.45) is 0 Å². The number of hydrogen-bond acceptors (Lipinski definition) is 4. The molecule has 0 fully saturated rings. The van der Waals surface area contributed by atoms with Crippen molar-refractivity contribution in [3.63, 3.8) is 0 Å². The van der Waals surface area contributed by atoms with Gasteiger partial charge in [-0.25, -0.2) is 4.68 Å². The van der Waals surface area contributed by atoms with E-state index in [9.17, 15) is 4.79 Å². The number of carbonyl (C=O) groups excluding carboxylic acids is 1. The standard InChI is InChI=1S/C12H11ClN4O/c13-9-3-1-8(2-4-9)12(18)11-10-5-6-14-7-17(10)16-15-11/h1-4,14H,5-7H2. The van der Waals surface area contributed by atoms with Crippen LogP contribution in [0.2, 0.25) is 5.02 Å². The molecule has 1 aliphatic rings. The van der Waals surface area contributed by atoms with Gasteiger partial charge in [0, 0.05) is 23.6 Å². The molecule has 1 N–H and O–H groups in total.